The molecule has 4 heterocycles. The van der Waals surface area contributed by atoms with Gasteiger partial charge in [-0.1, -0.05) is 6.07 Å². The molecule has 7 heteroatoms. The van der Waals surface area contributed by atoms with Crippen LogP contribution in [0.2, 0.25) is 0 Å². The lowest BCUT2D eigenvalue weighted by Gasteiger charge is -2.33. The van der Waals surface area contributed by atoms with Gasteiger partial charge < -0.3 is 4.90 Å². The second-order valence-electron chi connectivity index (χ2n) is 6.95. The number of aromatic nitrogens is 4. The third-order valence-electron chi connectivity index (χ3n) is 5.16. The van der Waals surface area contributed by atoms with Crippen molar-refractivity contribution >= 4 is 28.5 Å². The Morgan fingerprint density at radius 1 is 1.28 bits per heavy atom. The minimum Gasteiger partial charge on any atom is -0.368 e. The molecule has 0 aromatic carbocycles. The van der Waals surface area contributed by atoms with E-state index in [0.717, 1.165) is 47.8 Å². The minimum atomic E-state index is 0.0490. The van der Waals surface area contributed by atoms with Crippen molar-refractivity contribution in [2.45, 2.75) is 31.6 Å². The molecule has 1 unspecified atom stereocenters. The lowest BCUT2D eigenvalue weighted by Crippen LogP contribution is -2.39. The Bertz CT molecular complexity index is 915. The highest BCUT2D eigenvalue weighted by Gasteiger charge is 2.31. The van der Waals surface area contributed by atoms with E-state index in [2.05, 4.69) is 26.3 Å². The van der Waals surface area contributed by atoms with Crippen LogP contribution in [0, 0.1) is 5.92 Å². The first-order valence-electron chi connectivity index (χ1n) is 8.83. The van der Waals surface area contributed by atoms with Crippen molar-refractivity contribution in [3.63, 3.8) is 0 Å². The Hall–Kier alpha value is -2.28. The molecule has 0 N–H and O–H groups in total. The number of ketones is 1. The zero-order valence-electron chi connectivity index (χ0n) is 13.8. The number of anilines is 1. The zero-order valence-corrected chi connectivity index (χ0v) is 14.7. The van der Waals surface area contributed by atoms with Crippen LogP contribution in [0.3, 0.4) is 0 Å². The molecule has 0 spiro atoms. The van der Waals surface area contributed by atoms with Gasteiger partial charge in [-0.3, -0.25) is 4.79 Å². The molecule has 1 aliphatic heterocycles. The van der Waals surface area contributed by atoms with Gasteiger partial charge in [-0.15, -0.1) is 21.5 Å². The molecule has 0 radical (unpaired) electrons. The number of hydrogen-bond donors (Lipinski definition) is 0. The fraction of sp³-hybridized carbons (Fsp3) is 0.444. The van der Waals surface area contributed by atoms with E-state index in [-0.39, 0.29) is 11.7 Å². The van der Waals surface area contributed by atoms with Gasteiger partial charge in [0.05, 0.1) is 16.3 Å². The monoisotopic (exact) mass is 353 g/mol. The topological polar surface area (TPSA) is 63.4 Å². The fourth-order valence-electron chi connectivity index (χ4n) is 3.67. The van der Waals surface area contributed by atoms with Crippen molar-refractivity contribution in [2.75, 3.05) is 18.0 Å². The summed E-state index contributed by atoms with van der Waals surface area (Å²) in [6.45, 7) is 1.69. The Morgan fingerprint density at radius 3 is 3.00 bits per heavy atom. The Balaban J connectivity index is 1.47. The minimum absolute atomic E-state index is 0.0490. The van der Waals surface area contributed by atoms with Crippen LogP contribution >= 0.6 is 11.3 Å². The highest BCUT2D eigenvalue weighted by molar-refractivity contribution is 7.12. The molecule has 0 amide bonds. The first-order valence-corrected chi connectivity index (χ1v) is 9.71. The van der Waals surface area contributed by atoms with Crippen molar-refractivity contribution in [2.24, 2.45) is 5.92 Å². The summed E-state index contributed by atoms with van der Waals surface area (Å²) in [7, 11) is 0. The number of piperidine rings is 1. The summed E-state index contributed by atoms with van der Waals surface area (Å²) in [6.07, 6.45) is 6.06. The SMILES string of the molecule is O=C(c1cccs1)C1CCCN(c2cc(C3CC3)nn3cnnc23)C1. The average molecular weight is 353 g/mol. The van der Waals surface area contributed by atoms with Gasteiger partial charge in [-0.2, -0.15) is 9.61 Å². The van der Waals surface area contributed by atoms with Gasteiger partial charge in [0.1, 0.15) is 6.33 Å². The van der Waals surface area contributed by atoms with Gasteiger partial charge in [0, 0.05) is 24.9 Å². The molecule has 1 saturated carbocycles. The van der Waals surface area contributed by atoms with Crippen LogP contribution < -0.4 is 4.90 Å². The maximum Gasteiger partial charge on any atom is 0.200 e. The molecule has 3 aromatic rings. The molecule has 2 fully saturated rings. The molecule has 128 valence electrons. The van der Waals surface area contributed by atoms with Gasteiger partial charge in [-0.25, -0.2) is 0 Å². The van der Waals surface area contributed by atoms with Crippen LogP contribution in [-0.2, 0) is 0 Å². The molecule has 1 aliphatic carbocycles. The van der Waals surface area contributed by atoms with Crippen LogP contribution in [0.4, 0.5) is 5.69 Å². The van der Waals surface area contributed by atoms with E-state index in [1.165, 1.54) is 24.2 Å². The van der Waals surface area contributed by atoms with Crippen LogP contribution in [0.15, 0.2) is 29.9 Å². The van der Waals surface area contributed by atoms with Crippen LogP contribution in [-0.4, -0.2) is 38.7 Å². The molecule has 5 rings (SSSR count). The van der Waals surface area contributed by atoms with Gasteiger partial charge >= 0.3 is 0 Å². The summed E-state index contributed by atoms with van der Waals surface area (Å²) in [5.74, 6) is 0.889. The summed E-state index contributed by atoms with van der Waals surface area (Å²) >= 11 is 1.54. The summed E-state index contributed by atoms with van der Waals surface area (Å²) in [4.78, 5) is 15.9. The maximum atomic E-state index is 12.8. The molecule has 1 atom stereocenters. The number of carbonyl (C=O) groups is 1. The van der Waals surface area contributed by atoms with Gasteiger partial charge in [0.2, 0.25) is 5.65 Å². The molecular weight excluding hydrogens is 334 g/mol. The molecule has 2 aliphatic rings. The number of rotatable bonds is 4. The van der Waals surface area contributed by atoms with E-state index < -0.39 is 0 Å². The van der Waals surface area contributed by atoms with Crippen LogP contribution in [0.1, 0.15) is 47.0 Å². The van der Waals surface area contributed by atoms with E-state index in [1.54, 1.807) is 10.8 Å². The van der Waals surface area contributed by atoms with E-state index in [4.69, 9.17) is 0 Å². The zero-order chi connectivity index (χ0) is 16.8. The third kappa shape index (κ3) is 2.72. The number of fused-ring (bicyclic) bond motifs is 1. The van der Waals surface area contributed by atoms with Gasteiger partial charge in [0.15, 0.2) is 5.78 Å². The number of hydrogen-bond acceptors (Lipinski definition) is 6. The first-order chi connectivity index (χ1) is 12.3. The van der Waals surface area contributed by atoms with Crippen molar-refractivity contribution in [3.8, 4) is 0 Å². The van der Waals surface area contributed by atoms with E-state index in [9.17, 15) is 4.79 Å². The summed E-state index contributed by atoms with van der Waals surface area (Å²) in [5, 5.41) is 14.9. The maximum absolute atomic E-state index is 12.8. The predicted octanol–water partition coefficient (Wildman–Crippen LogP) is 3.16. The largest absolute Gasteiger partial charge is 0.368 e. The third-order valence-corrected chi connectivity index (χ3v) is 6.04. The summed E-state index contributed by atoms with van der Waals surface area (Å²) in [6, 6.07) is 6.04. The van der Waals surface area contributed by atoms with Crippen molar-refractivity contribution in [3.05, 3.63) is 40.5 Å². The van der Waals surface area contributed by atoms with Gasteiger partial charge in [-0.05, 0) is 43.2 Å². The molecule has 6 nitrogen and oxygen atoms in total. The lowest BCUT2D eigenvalue weighted by atomic mass is 9.92. The Kier molecular flexibility index (Phi) is 3.55. The smallest absolute Gasteiger partial charge is 0.200 e. The second kappa shape index (κ2) is 5.91. The molecule has 0 bridgehead atoms. The Labute approximate surface area is 149 Å². The average Bonchev–Trinajstić information content (AvgIpc) is 3.16. The predicted molar refractivity (Wildman–Crippen MR) is 96.3 cm³/mol. The molecule has 3 aromatic heterocycles. The van der Waals surface area contributed by atoms with Crippen molar-refractivity contribution in [1.29, 1.82) is 0 Å². The summed E-state index contributed by atoms with van der Waals surface area (Å²) in [5.41, 5.74) is 2.97. The van der Waals surface area contributed by atoms with E-state index in [0.29, 0.717) is 5.92 Å². The standard InChI is InChI=1S/C18H19N5OS/c24-17(16-4-2-8-25-16)13-3-1-7-22(10-13)15-9-14(12-5-6-12)21-23-11-19-20-18(15)23/h2,4,8-9,11-13H,1,3,5-7,10H2. The van der Waals surface area contributed by atoms with Crippen LogP contribution in [0.25, 0.3) is 5.65 Å². The Morgan fingerprint density at radius 2 is 2.20 bits per heavy atom. The normalized spacial score (nSPS) is 21.0. The molecule has 1 saturated heterocycles. The number of Topliss-reactive ketones (excluding diaryl/α,β-unsaturated/α-hetero) is 1. The van der Waals surface area contributed by atoms with Crippen molar-refractivity contribution < 1.29 is 4.79 Å². The highest BCUT2D eigenvalue weighted by atomic mass is 32.1. The van der Waals surface area contributed by atoms with E-state index in [1.807, 2.05) is 17.5 Å². The van der Waals surface area contributed by atoms with E-state index >= 15 is 0 Å². The second-order valence-corrected chi connectivity index (χ2v) is 7.90. The summed E-state index contributed by atoms with van der Waals surface area (Å²) < 4.78 is 1.79. The number of nitrogens with zero attached hydrogens (tertiary/aromatic N) is 5. The van der Waals surface area contributed by atoms with Gasteiger partial charge in [0.25, 0.3) is 0 Å². The number of carbonyl (C=O) groups excluding carboxylic acids is 1. The fourth-order valence-corrected chi connectivity index (χ4v) is 4.41. The number of thiophene rings is 1. The highest BCUT2D eigenvalue weighted by Crippen LogP contribution is 2.40. The van der Waals surface area contributed by atoms with Crippen LogP contribution in [0.5, 0.6) is 0 Å². The molecule has 25 heavy (non-hydrogen) atoms. The lowest BCUT2D eigenvalue weighted by molar-refractivity contribution is 0.0911. The quantitative estimate of drug-likeness (QED) is 0.674. The van der Waals surface area contributed by atoms with Crippen molar-refractivity contribution in [1.82, 2.24) is 19.8 Å². The first kappa shape index (κ1) is 15.0. The molecular formula is C18H19N5OS.